The van der Waals surface area contributed by atoms with Crippen LogP contribution in [0.3, 0.4) is 0 Å². The van der Waals surface area contributed by atoms with Crippen molar-refractivity contribution < 1.29 is 18.4 Å². The number of hydrogen-bond acceptors (Lipinski definition) is 6. The maximum atomic E-state index is 13.9. The third kappa shape index (κ3) is 4.30. The van der Waals surface area contributed by atoms with Crippen molar-refractivity contribution in [1.82, 2.24) is 15.5 Å². The van der Waals surface area contributed by atoms with Gasteiger partial charge in [0.05, 0.1) is 28.8 Å². The number of urea groups is 1. The van der Waals surface area contributed by atoms with E-state index >= 15 is 0 Å². The summed E-state index contributed by atoms with van der Waals surface area (Å²) < 4.78 is 25.2. The number of nitrogens with zero attached hydrogens (tertiary/aromatic N) is 3. The number of allylic oxidation sites excluding steroid dienone is 1. The van der Waals surface area contributed by atoms with Gasteiger partial charge in [-0.05, 0) is 73.7 Å². The number of halogens is 1. The quantitative estimate of drug-likeness (QED) is 0.341. The van der Waals surface area contributed by atoms with Crippen LogP contribution in [0.1, 0.15) is 36.9 Å². The molecule has 1 N–H and O–H groups in total. The number of hydrogen-bond donors (Lipinski definition) is 1. The summed E-state index contributed by atoms with van der Waals surface area (Å²) >= 11 is 1.51. The van der Waals surface area contributed by atoms with Crippen molar-refractivity contribution in [1.29, 1.82) is 0 Å². The van der Waals surface area contributed by atoms with Gasteiger partial charge >= 0.3 is 6.03 Å². The molecular formula is C26H23FN4O3S. The summed E-state index contributed by atoms with van der Waals surface area (Å²) in [6.45, 7) is 5.97. The average Bonchev–Trinajstić information content (AvgIpc) is 3.54. The molecule has 178 valence electrons. The Labute approximate surface area is 205 Å². The van der Waals surface area contributed by atoms with Gasteiger partial charge in [-0.2, -0.15) is 4.98 Å². The molecule has 2 aromatic heterocycles. The maximum absolute atomic E-state index is 13.9. The van der Waals surface area contributed by atoms with E-state index in [0.29, 0.717) is 40.8 Å². The molecule has 1 unspecified atom stereocenters. The lowest BCUT2D eigenvalue weighted by atomic mass is 9.94. The lowest BCUT2D eigenvalue weighted by Gasteiger charge is -2.35. The summed E-state index contributed by atoms with van der Waals surface area (Å²) in [6.07, 6.45) is 0. The molecule has 1 aliphatic heterocycles. The number of rotatable bonds is 6. The first-order valence-electron chi connectivity index (χ1n) is 11.1. The highest BCUT2D eigenvalue weighted by atomic mass is 32.1. The third-order valence-corrected chi connectivity index (χ3v) is 6.67. The van der Waals surface area contributed by atoms with Crippen LogP contribution in [0.2, 0.25) is 0 Å². The minimum Gasteiger partial charge on any atom is -0.494 e. The van der Waals surface area contributed by atoms with Crippen LogP contribution in [0.25, 0.3) is 16.3 Å². The molecule has 0 fully saturated rings. The van der Waals surface area contributed by atoms with E-state index in [-0.39, 0.29) is 11.8 Å². The lowest BCUT2D eigenvalue weighted by Crippen LogP contribution is -2.46. The summed E-state index contributed by atoms with van der Waals surface area (Å²) in [6, 6.07) is 15.0. The molecule has 0 saturated heterocycles. The number of anilines is 1. The zero-order valence-electron chi connectivity index (χ0n) is 19.4. The molecule has 5 rings (SSSR count). The molecule has 3 heterocycles. The Kier molecular flexibility index (Phi) is 6.08. The van der Waals surface area contributed by atoms with E-state index in [1.165, 1.54) is 22.3 Å². The number of nitrogens with one attached hydrogen (secondary N) is 1. The van der Waals surface area contributed by atoms with Crippen molar-refractivity contribution in [2.75, 3.05) is 11.5 Å². The number of amides is 2. The van der Waals surface area contributed by atoms with Crippen molar-refractivity contribution in [2.45, 2.75) is 26.8 Å². The second-order valence-electron chi connectivity index (χ2n) is 8.05. The minimum atomic E-state index is -0.535. The molecule has 0 aliphatic carbocycles. The maximum Gasteiger partial charge on any atom is 0.326 e. The van der Waals surface area contributed by atoms with Gasteiger partial charge in [0, 0.05) is 5.70 Å². The second kappa shape index (κ2) is 9.34. The standard InChI is InChI=1S/C26H23FN4O3S/c1-4-33-19-10-7-17(8-11-19)23-22(25-29-24(30-34-25)21-6-5-13-35-21)16(3)31(26(32)28-23)18-9-12-20(27)15(2)14-18/h5-14,23H,4H2,1-3H3,(H,28,32). The molecule has 1 aliphatic rings. The van der Waals surface area contributed by atoms with Gasteiger partial charge in [-0.25, -0.2) is 9.18 Å². The lowest BCUT2D eigenvalue weighted by molar-refractivity contribution is 0.244. The summed E-state index contributed by atoms with van der Waals surface area (Å²) in [7, 11) is 0. The fraction of sp³-hybridized carbons (Fsp3) is 0.192. The first kappa shape index (κ1) is 22.8. The summed E-state index contributed by atoms with van der Waals surface area (Å²) in [5, 5.41) is 9.17. The Hall–Kier alpha value is -3.98. The van der Waals surface area contributed by atoms with Crippen LogP contribution in [0.5, 0.6) is 5.75 Å². The van der Waals surface area contributed by atoms with Gasteiger partial charge in [0.1, 0.15) is 11.6 Å². The van der Waals surface area contributed by atoms with Crippen molar-refractivity contribution in [3.8, 4) is 16.5 Å². The molecule has 2 amide bonds. The first-order chi connectivity index (χ1) is 17.0. The minimum absolute atomic E-state index is 0.300. The molecule has 0 spiro atoms. The van der Waals surface area contributed by atoms with E-state index in [1.807, 2.05) is 55.6 Å². The van der Waals surface area contributed by atoms with Crippen LogP contribution in [0.15, 0.2) is 70.2 Å². The number of carbonyl (C=O) groups is 1. The van der Waals surface area contributed by atoms with Crippen molar-refractivity contribution in [2.24, 2.45) is 0 Å². The van der Waals surface area contributed by atoms with Gasteiger partial charge in [-0.3, -0.25) is 4.90 Å². The monoisotopic (exact) mass is 490 g/mol. The number of ether oxygens (including phenoxy) is 1. The topological polar surface area (TPSA) is 80.5 Å². The molecule has 0 bridgehead atoms. The van der Waals surface area contributed by atoms with Gasteiger partial charge in [-0.15, -0.1) is 11.3 Å². The first-order valence-corrected chi connectivity index (χ1v) is 12.0. The molecule has 4 aromatic rings. The van der Waals surface area contributed by atoms with Crippen molar-refractivity contribution in [3.63, 3.8) is 0 Å². The molecule has 7 nitrogen and oxygen atoms in total. The highest BCUT2D eigenvalue weighted by Gasteiger charge is 2.36. The number of thiophene rings is 1. The van der Waals surface area contributed by atoms with Gasteiger partial charge in [-0.1, -0.05) is 23.4 Å². The van der Waals surface area contributed by atoms with E-state index in [4.69, 9.17) is 9.26 Å². The van der Waals surface area contributed by atoms with Gasteiger partial charge < -0.3 is 14.6 Å². The summed E-state index contributed by atoms with van der Waals surface area (Å²) in [5.74, 6) is 1.18. The van der Waals surface area contributed by atoms with Crippen LogP contribution >= 0.6 is 11.3 Å². The van der Waals surface area contributed by atoms with E-state index < -0.39 is 6.04 Å². The fourth-order valence-corrected chi connectivity index (χ4v) is 4.76. The van der Waals surface area contributed by atoms with Gasteiger partial charge in [0.2, 0.25) is 5.82 Å². The van der Waals surface area contributed by atoms with E-state index in [1.54, 1.807) is 19.1 Å². The highest BCUT2D eigenvalue weighted by Crippen LogP contribution is 2.40. The summed E-state index contributed by atoms with van der Waals surface area (Å²) in [5.41, 5.74) is 3.09. The van der Waals surface area contributed by atoms with E-state index in [9.17, 15) is 9.18 Å². The summed E-state index contributed by atoms with van der Waals surface area (Å²) in [4.78, 5) is 20.3. The zero-order chi connectivity index (χ0) is 24.5. The van der Waals surface area contributed by atoms with Gasteiger partial charge in [0.25, 0.3) is 5.89 Å². The Balaban J connectivity index is 1.63. The molecule has 35 heavy (non-hydrogen) atoms. The molecule has 1 atom stereocenters. The Morgan fingerprint density at radius 1 is 1.17 bits per heavy atom. The van der Waals surface area contributed by atoms with Crippen LogP contribution < -0.4 is 15.0 Å². The van der Waals surface area contributed by atoms with Gasteiger partial charge in [0.15, 0.2) is 0 Å². The van der Waals surface area contributed by atoms with Crippen LogP contribution in [0.4, 0.5) is 14.9 Å². The highest BCUT2D eigenvalue weighted by molar-refractivity contribution is 7.13. The number of aromatic nitrogens is 2. The SMILES string of the molecule is CCOc1ccc(C2NC(=O)N(c3ccc(F)c(C)c3)C(C)=C2c2nc(-c3cccs3)no2)cc1. The molecule has 2 aromatic carbocycles. The predicted molar refractivity (Wildman–Crippen MR) is 133 cm³/mol. The van der Waals surface area contributed by atoms with Crippen LogP contribution in [0, 0.1) is 12.7 Å². The van der Waals surface area contributed by atoms with Crippen LogP contribution in [-0.4, -0.2) is 22.8 Å². The number of carbonyl (C=O) groups excluding carboxylic acids is 1. The normalized spacial score (nSPS) is 15.9. The predicted octanol–water partition coefficient (Wildman–Crippen LogP) is 6.35. The number of benzene rings is 2. The second-order valence-corrected chi connectivity index (χ2v) is 9.00. The Bertz CT molecular complexity index is 1400. The largest absolute Gasteiger partial charge is 0.494 e. The van der Waals surface area contributed by atoms with Crippen molar-refractivity contribution >= 4 is 28.6 Å². The van der Waals surface area contributed by atoms with Crippen molar-refractivity contribution in [3.05, 3.63) is 88.5 Å². The molecule has 0 saturated carbocycles. The molecule has 0 radical (unpaired) electrons. The Morgan fingerprint density at radius 2 is 1.97 bits per heavy atom. The smallest absolute Gasteiger partial charge is 0.326 e. The van der Waals surface area contributed by atoms with E-state index in [2.05, 4.69) is 15.5 Å². The fourth-order valence-electron chi connectivity index (χ4n) is 4.11. The van der Waals surface area contributed by atoms with E-state index in [0.717, 1.165) is 16.2 Å². The molecular weight excluding hydrogens is 467 g/mol. The zero-order valence-corrected chi connectivity index (χ0v) is 20.2. The third-order valence-electron chi connectivity index (χ3n) is 5.81. The average molecular weight is 491 g/mol. The van der Waals surface area contributed by atoms with Crippen LogP contribution in [-0.2, 0) is 0 Å². The molecule has 9 heteroatoms. The Morgan fingerprint density at radius 3 is 2.66 bits per heavy atom. The number of aryl methyl sites for hydroxylation is 1.